The third kappa shape index (κ3) is 3.15. The van der Waals surface area contributed by atoms with Crippen molar-refractivity contribution in [3.63, 3.8) is 0 Å². The molecule has 2 amide bonds. The fourth-order valence-corrected chi connectivity index (χ4v) is 2.04. The van der Waals surface area contributed by atoms with E-state index < -0.39 is 30.0 Å². The first kappa shape index (κ1) is 15.7. The molecular weight excluding hydrogens is 289 g/mol. The Kier molecular flexibility index (Phi) is 4.18. The Morgan fingerprint density at radius 1 is 1.43 bits per heavy atom. The molecule has 0 saturated carbocycles. The van der Waals surface area contributed by atoms with Crippen LogP contribution in [0.2, 0.25) is 0 Å². The molecule has 1 unspecified atom stereocenters. The average molecular weight is 306 g/mol. The SMILES string of the molecule is Cc1ccc(C(O)(CCNC(=O)N2CCC2)C(F)(F)F)o1. The van der Waals surface area contributed by atoms with Crippen molar-refractivity contribution in [1.29, 1.82) is 0 Å². The quantitative estimate of drug-likeness (QED) is 0.895. The summed E-state index contributed by atoms with van der Waals surface area (Å²) >= 11 is 0. The van der Waals surface area contributed by atoms with Gasteiger partial charge in [0.2, 0.25) is 5.60 Å². The minimum absolute atomic E-state index is 0.275. The van der Waals surface area contributed by atoms with Crippen molar-refractivity contribution >= 4 is 6.03 Å². The van der Waals surface area contributed by atoms with Gasteiger partial charge in [-0.15, -0.1) is 0 Å². The van der Waals surface area contributed by atoms with Crippen LogP contribution in [-0.4, -0.2) is 41.8 Å². The van der Waals surface area contributed by atoms with Crippen molar-refractivity contribution in [2.75, 3.05) is 19.6 Å². The normalized spacial score (nSPS) is 18.0. The molecule has 1 atom stereocenters. The molecule has 1 aromatic rings. The molecule has 5 nitrogen and oxygen atoms in total. The fourth-order valence-electron chi connectivity index (χ4n) is 2.04. The number of aryl methyl sites for hydroxylation is 1. The van der Waals surface area contributed by atoms with Gasteiger partial charge in [0.15, 0.2) is 0 Å². The number of halogens is 3. The number of hydrogen-bond acceptors (Lipinski definition) is 3. The van der Waals surface area contributed by atoms with Gasteiger partial charge < -0.3 is 19.7 Å². The summed E-state index contributed by atoms with van der Waals surface area (Å²) in [5, 5.41) is 12.3. The predicted molar refractivity (Wildman–Crippen MR) is 67.6 cm³/mol. The summed E-state index contributed by atoms with van der Waals surface area (Å²) in [5.74, 6) is -0.289. The molecule has 0 radical (unpaired) electrons. The predicted octanol–water partition coefficient (Wildman–Crippen LogP) is 2.14. The molecule has 118 valence electrons. The Bertz CT molecular complexity index is 511. The Hall–Kier alpha value is -1.70. The highest BCUT2D eigenvalue weighted by molar-refractivity contribution is 5.74. The van der Waals surface area contributed by atoms with Crippen molar-refractivity contribution in [3.05, 3.63) is 23.7 Å². The van der Waals surface area contributed by atoms with E-state index in [0.717, 1.165) is 12.5 Å². The number of hydrogen-bond donors (Lipinski definition) is 2. The Labute approximate surface area is 119 Å². The molecule has 1 aliphatic heterocycles. The second-order valence-electron chi connectivity index (χ2n) is 5.09. The lowest BCUT2D eigenvalue weighted by molar-refractivity contribution is -0.274. The van der Waals surface area contributed by atoms with Gasteiger partial charge >= 0.3 is 12.2 Å². The van der Waals surface area contributed by atoms with E-state index in [0.29, 0.717) is 13.1 Å². The van der Waals surface area contributed by atoms with Crippen LogP contribution in [0.1, 0.15) is 24.4 Å². The van der Waals surface area contributed by atoms with Crippen molar-refractivity contribution in [2.24, 2.45) is 0 Å². The van der Waals surface area contributed by atoms with Gasteiger partial charge in [-0.25, -0.2) is 4.79 Å². The third-order valence-corrected chi connectivity index (χ3v) is 3.52. The van der Waals surface area contributed by atoms with Crippen molar-refractivity contribution in [1.82, 2.24) is 10.2 Å². The van der Waals surface area contributed by atoms with Gasteiger partial charge in [0.1, 0.15) is 11.5 Å². The highest BCUT2D eigenvalue weighted by Gasteiger charge is 2.56. The van der Waals surface area contributed by atoms with Crippen LogP contribution in [0.3, 0.4) is 0 Å². The molecule has 2 heterocycles. The lowest BCUT2D eigenvalue weighted by Crippen LogP contribution is -2.50. The van der Waals surface area contributed by atoms with Crippen LogP contribution < -0.4 is 5.32 Å². The molecule has 1 fully saturated rings. The van der Waals surface area contributed by atoms with Crippen LogP contribution in [0.25, 0.3) is 0 Å². The molecule has 2 N–H and O–H groups in total. The van der Waals surface area contributed by atoms with Crippen molar-refractivity contribution in [2.45, 2.75) is 31.5 Å². The highest BCUT2D eigenvalue weighted by atomic mass is 19.4. The monoisotopic (exact) mass is 306 g/mol. The number of nitrogens with zero attached hydrogens (tertiary/aromatic N) is 1. The number of furan rings is 1. The first-order valence-corrected chi connectivity index (χ1v) is 6.63. The molecule has 21 heavy (non-hydrogen) atoms. The zero-order valence-electron chi connectivity index (χ0n) is 11.5. The molecule has 1 aromatic heterocycles. The van der Waals surface area contributed by atoms with Crippen molar-refractivity contribution < 1.29 is 27.5 Å². The highest BCUT2D eigenvalue weighted by Crippen LogP contribution is 2.42. The molecule has 0 bridgehead atoms. The number of alkyl halides is 3. The zero-order chi connectivity index (χ0) is 15.7. The van der Waals surface area contributed by atoms with Crippen LogP contribution in [0.15, 0.2) is 16.5 Å². The average Bonchev–Trinajstić information content (AvgIpc) is 2.72. The van der Waals surface area contributed by atoms with Crippen LogP contribution >= 0.6 is 0 Å². The maximum Gasteiger partial charge on any atom is 0.424 e. The lowest BCUT2D eigenvalue weighted by atomic mass is 9.96. The van der Waals surface area contributed by atoms with E-state index in [4.69, 9.17) is 4.42 Å². The van der Waals surface area contributed by atoms with Gasteiger partial charge in [0.05, 0.1) is 0 Å². The van der Waals surface area contributed by atoms with Gasteiger partial charge in [-0.1, -0.05) is 0 Å². The smallest absolute Gasteiger partial charge is 0.424 e. The molecule has 8 heteroatoms. The summed E-state index contributed by atoms with van der Waals surface area (Å²) in [5.41, 5.74) is -3.11. The standard InChI is InChI=1S/C13H17F3N2O3/c1-9-3-4-10(21-9)12(20,13(14,15)16)5-6-17-11(19)18-7-2-8-18/h3-4,20H,2,5-8H2,1H3,(H,17,19). The Morgan fingerprint density at radius 3 is 2.52 bits per heavy atom. The summed E-state index contributed by atoms with van der Waals surface area (Å²) in [4.78, 5) is 13.0. The fraction of sp³-hybridized carbons (Fsp3) is 0.615. The number of carbonyl (C=O) groups excluding carboxylic acids is 1. The van der Waals surface area contributed by atoms with Crippen LogP contribution in [0.4, 0.5) is 18.0 Å². The van der Waals surface area contributed by atoms with E-state index in [9.17, 15) is 23.1 Å². The van der Waals surface area contributed by atoms with Crippen LogP contribution in [0.5, 0.6) is 0 Å². The van der Waals surface area contributed by atoms with Gasteiger partial charge in [0.25, 0.3) is 0 Å². The van der Waals surface area contributed by atoms with Gasteiger partial charge in [-0.05, 0) is 25.5 Å². The minimum Gasteiger partial charge on any atom is -0.463 e. The minimum atomic E-state index is -4.89. The number of carbonyl (C=O) groups is 1. The maximum atomic E-state index is 13.1. The van der Waals surface area contributed by atoms with Gasteiger partial charge in [0, 0.05) is 26.1 Å². The lowest BCUT2D eigenvalue weighted by Gasteiger charge is -2.32. The summed E-state index contributed by atoms with van der Waals surface area (Å²) in [7, 11) is 0. The first-order valence-electron chi connectivity index (χ1n) is 6.63. The number of aliphatic hydroxyl groups is 1. The second kappa shape index (κ2) is 5.59. The summed E-state index contributed by atoms with van der Waals surface area (Å²) < 4.78 is 44.3. The van der Waals surface area contributed by atoms with E-state index in [1.807, 2.05) is 0 Å². The molecule has 1 saturated heterocycles. The zero-order valence-corrected chi connectivity index (χ0v) is 11.5. The number of nitrogens with one attached hydrogen (secondary N) is 1. The van der Waals surface area contributed by atoms with Crippen LogP contribution in [-0.2, 0) is 5.60 Å². The number of amides is 2. The molecule has 0 spiro atoms. The summed E-state index contributed by atoms with van der Waals surface area (Å²) in [6.45, 7) is 2.40. The van der Waals surface area contributed by atoms with E-state index in [1.54, 1.807) is 0 Å². The third-order valence-electron chi connectivity index (χ3n) is 3.52. The molecule has 1 aliphatic rings. The summed E-state index contributed by atoms with van der Waals surface area (Å²) in [6, 6.07) is 2.03. The van der Waals surface area contributed by atoms with E-state index >= 15 is 0 Å². The van der Waals surface area contributed by atoms with E-state index in [2.05, 4.69) is 5.32 Å². The van der Waals surface area contributed by atoms with Crippen LogP contribution in [0, 0.1) is 6.92 Å². The topological polar surface area (TPSA) is 65.7 Å². The maximum absolute atomic E-state index is 13.1. The van der Waals surface area contributed by atoms with E-state index in [-0.39, 0.29) is 12.3 Å². The largest absolute Gasteiger partial charge is 0.463 e. The molecule has 0 aromatic carbocycles. The van der Waals surface area contributed by atoms with Gasteiger partial charge in [-0.3, -0.25) is 0 Å². The molecular formula is C13H17F3N2O3. The Balaban J connectivity index is 2.01. The van der Waals surface area contributed by atoms with E-state index in [1.165, 1.54) is 17.9 Å². The number of urea groups is 1. The number of rotatable bonds is 4. The second-order valence-corrected chi connectivity index (χ2v) is 5.09. The van der Waals surface area contributed by atoms with Gasteiger partial charge in [-0.2, -0.15) is 13.2 Å². The summed E-state index contributed by atoms with van der Waals surface area (Å²) in [6.07, 6.45) is -4.70. The number of likely N-dealkylation sites (tertiary alicyclic amines) is 1. The molecule has 2 rings (SSSR count). The first-order chi connectivity index (χ1) is 9.74. The molecule has 0 aliphatic carbocycles. The van der Waals surface area contributed by atoms with Crippen molar-refractivity contribution in [3.8, 4) is 0 Å². The Morgan fingerprint density at radius 2 is 2.10 bits per heavy atom.